The molecule has 11 heavy (non-hydrogen) atoms. The Labute approximate surface area is 69.0 Å². The fourth-order valence-corrected chi connectivity index (χ4v) is 1.01. The third kappa shape index (κ3) is 2.80. The summed E-state index contributed by atoms with van der Waals surface area (Å²) in [5.74, 6) is 0.896. The Kier molecular flexibility index (Phi) is 2.90. The molecule has 1 aliphatic rings. The van der Waals surface area contributed by atoms with Gasteiger partial charge in [-0.15, -0.1) is 0 Å². The average molecular weight is 157 g/mol. The van der Waals surface area contributed by atoms with Gasteiger partial charge in [0.05, 0.1) is 6.61 Å². The van der Waals surface area contributed by atoms with Gasteiger partial charge in [0.2, 0.25) is 0 Å². The van der Waals surface area contributed by atoms with Crippen LogP contribution in [0.3, 0.4) is 0 Å². The van der Waals surface area contributed by atoms with Crippen LogP contribution in [-0.4, -0.2) is 23.8 Å². The van der Waals surface area contributed by atoms with Crippen molar-refractivity contribution in [1.29, 1.82) is 0 Å². The van der Waals surface area contributed by atoms with Crippen LogP contribution in [0.25, 0.3) is 0 Å². The molecule has 0 heterocycles. The number of nitrogens with one attached hydrogen (secondary N) is 1. The normalized spacial score (nSPS) is 23.2. The minimum Gasteiger partial charge on any atom is -0.394 e. The third-order valence-corrected chi connectivity index (χ3v) is 2.64. The molecule has 0 bridgehead atoms. The second-order valence-electron chi connectivity index (χ2n) is 3.90. The van der Waals surface area contributed by atoms with E-state index >= 15 is 0 Å². The lowest BCUT2D eigenvalue weighted by atomic mass is 10.0. The largest absolute Gasteiger partial charge is 0.394 e. The Morgan fingerprint density at radius 3 is 2.55 bits per heavy atom. The van der Waals surface area contributed by atoms with E-state index in [2.05, 4.69) is 19.2 Å². The van der Waals surface area contributed by atoms with E-state index in [-0.39, 0.29) is 12.1 Å². The van der Waals surface area contributed by atoms with Crippen LogP contribution in [0, 0.1) is 5.92 Å². The lowest BCUT2D eigenvalue weighted by Crippen LogP contribution is -2.45. The standard InChI is InChI=1S/C9H19NO/c1-3-9(2,7-11)10-6-8-4-5-8/h8,10-11H,3-7H2,1-2H3. The van der Waals surface area contributed by atoms with Gasteiger partial charge in [-0.3, -0.25) is 0 Å². The Hall–Kier alpha value is -0.0800. The van der Waals surface area contributed by atoms with Gasteiger partial charge in [-0.1, -0.05) is 6.92 Å². The van der Waals surface area contributed by atoms with E-state index in [0.29, 0.717) is 0 Å². The van der Waals surface area contributed by atoms with Crippen LogP contribution in [0.15, 0.2) is 0 Å². The maximum atomic E-state index is 9.06. The van der Waals surface area contributed by atoms with E-state index in [9.17, 15) is 0 Å². The van der Waals surface area contributed by atoms with E-state index in [1.165, 1.54) is 12.8 Å². The molecule has 2 heteroatoms. The van der Waals surface area contributed by atoms with Crippen LogP contribution in [0.1, 0.15) is 33.1 Å². The molecule has 0 aliphatic heterocycles. The summed E-state index contributed by atoms with van der Waals surface area (Å²) >= 11 is 0. The molecule has 1 atom stereocenters. The van der Waals surface area contributed by atoms with Gasteiger partial charge in [-0.25, -0.2) is 0 Å². The van der Waals surface area contributed by atoms with E-state index < -0.39 is 0 Å². The van der Waals surface area contributed by atoms with Gasteiger partial charge in [-0.05, 0) is 38.6 Å². The zero-order valence-corrected chi connectivity index (χ0v) is 7.56. The first-order valence-corrected chi connectivity index (χ1v) is 4.56. The van der Waals surface area contributed by atoms with E-state index in [0.717, 1.165) is 18.9 Å². The average Bonchev–Trinajstić information content (AvgIpc) is 2.83. The van der Waals surface area contributed by atoms with Crippen molar-refractivity contribution in [3.05, 3.63) is 0 Å². The van der Waals surface area contributed by atoms with Gasteiger partial charge in [0, 0.05) is 5.54 Å². The minimum atomic E-state index is -0.0391. The second-order valence-corrected chi connectivity index (χ2v) is 3.90. The number of aliphatic hydroxyl groups is 1. The summed E-state index contributed by atoms with van der Waals surface area (Å²) in [6.45, 7) is 5.52. The number of aliphatic hydroxyl groups excluding tert-OH is 1. The maximum absolute atomic E-state index is 9.06. The molecule has 1 aliphatic carbocycles. The quantitative estimate of drug-likeness (QED) is 0.627. The Bertz CT molecular complexity index is 117. The molecule has 2 nitrogen and oxygen atoms in total. The summed E-state index contributed by atoms with van der Waals surface area (Å²) in [5.41, 5.74) is -0.0391. The van der Waals surface area contributed by atoms with Crippen LogP contribution < -0.4 is 5.32 Å². The van der Waals surface area contributed by atoms with Crippen molar-refractivity contribution < 1.29 is 5.11 Å². The molecule has 1 rings (SSSR count). The van der Waals surface area contributed by atoms with Gasteiger partial charge in [0.15, 0.2) is 0 Å². The van der Waals surface area contributed by atoms with Crippen LogP contribution in [0.5, 0.6) is 0 Å². The monoisotopic (exact) mass is 157 g/mol. The highest BCUT2D eigenvalue weighted by atomic mass is 16.3. The number of hydrogen-bond acceptors (Lipinski definition) is 2. The van der Waals surface area contributed by atoms with Gasteiger partial charge in [0.25, 0.3) is 0 Å². The van der Waals surface area contributed by atoms with Crippen molar-refractivity contribution >= 4 is 0 Å². The Balaban J connectivity index is 2.18. The van der Waals surface area contributed by atoms with Crippen molar-refractivity contribution in [3.63, 3.8) is 0 Å². The first-order chi connectivity index (χ1) is 5.20. The van der Waals surface area contributed by atoms with Crippen molar-refractivity contribution in [3.8, 4) is 0 Å². The highest BCUT2D eigenvalue weighted by molar-refractivity contribution is 4.84. The van der Waals surface area contributed by atoms with Gasteiger partial charge >= 0.3 is 0 Å². The summed E-state index contributed by atoms with van der Waals surface area (Å²) in [6, 6.07) is 0. The van der Waals surface area contributed by atoms with Crippen molar-refractivity contribution in [2.24, 2.45) is 5.92 Å². The van der Waals surface area contributed by atoms with Gasteiger partial charge < -0.3 is 10.4 Å². The molecule has 0 radical (unpaired) electrons. The zero-order valence-electron chi connectivity index (χ0n) is 7.56. The van der Waals surface area contributed by atoms with Crippen LogP contribution in [0.2, 0.25) is 0 Å². The van der Waals surface area contributed by atoms with Gasteiger partial charge in [-0.2, -0.15) is 0 Å². The summed E-state index contributed by atoms with van der Waals surface area (Å²) in [4.78, 5) is 0. The number of rotatable bonds is 5. The Morgan fingerprint density at radius 1 is 1.55 bits per heavy atom. The fourth-order valence-electron chi connectivity index (χ4n) is 1.01. The van der Waals surface area contributed by atoms with Crippen molar-refractivity contribution in [1.82, 2.24) is 5.32 Å². The van der Waals surface area contributed by atoms with Crippen LogP contribution >= 0.6 is 0 Å². The highest BCUT2D eigenvalue weighted by Gasteiger charge is 2.26. The SMILES string of the molecule is CCC(C)(CO)NCC1CC1. The molecule has 1 fully saturated rings. The lowest BCUT2D eigenvalue weighted by Gasteiger charge is -2.27. The fraction of sp³-hybridized carbons (Fsp3) is 1.00. The lowest BCUT2D eigenvalue weighted by molar-refractivity contribution is 0.169. The molecular weight excluding hydrogens is 138 g/mol. The molecule has 1 unspecified atom stereocenters. The first kappa shape index (κ1) is 9.01. The maximum Gasteiger partial charge on any atom is 0.0610 e. The zero-order chi connectivity index (χ0) is 8.32. The summed E-state index contributed by atoms with van der Waals surface area (Å²) in [5, 5.41) is 12.5. The molecule has 1 saturated carbocycles. The molecule has 0 aromatic heterocycles. The first-order valence-electron chi connectivity index (χ1n) is 4.56. The second kappa shape index (κ2) is 3.55. The molecule has 0 amide bonds. The third-order valence-electron chi connectivity index (χ3n) is 2.64. The van der Waals surface area contributed by atoms with Crippen LogP contribution in [0.4, 0.5) is 0 Å². The predicted molar refractivity (Wildman–Crippen MR) is 46.5 cm³/mol. The topological polar surface area (TPSA) is 32.3 Å². The van der Waals surface area contributed by atoms with Crippen LogP contribution in [-0.2, 0) is 0 Å². The van der Waals surface area contributed by atoms with E-state index in [4.69, 9.17) is 5.11 Å². The Morgan fingerprint density at radius 2 is 2.18 bits per heavy atom. The van der Waals surface area contributed by atoms with Gasteiger partial charge in [0.1, 0.15) is 0 Å². The smallest absolute Gasteiger partial charge is 0.0610 e. The number of hydrogen-bond donors (Lipinski definition) is 2. The summed E-state index contributed by atoms with van der Waals surface area (Å²) < 4.78 is 0. The molecular formula is C9H19NO. The summed E-state index contributed by atoms with van der Waals surface area (Å²) in [6.07, 6.45) is 3.74. The highest BCUT2D eigenvalue weighted by Crippen LogP contribution is 2.28. The van der Waals surface area contributed by atoms with Crippen molar-refractivity contribution in [2.45, 2.75) is 38.6 Å². The molecule has 66 valence electrons. The summed E-state index contributed by atoms with van der Waals surface area (Å²) in [7, 11) is 0. The molecule has 2 N–H and O–H groups in total. The van der Waals surface area contributed by atoms with Crippen molar-refractivity contribution in [2.75, 3.05) is 13.2 Å². The molecule has 0 aromatic rings. The molecule has 0 saturated heterocycles. The van der Waals surface area contributed by atoms with E-state index in [1.807, 2.05) is 0 Å². The predicted octanol–water partition coefficient (Wildman–Crippen LogP) is 1.15. The molecule has 0 aromatic carbocycles. The van der Waals surface area contributed by atoms with E-state index in [1.54, 1.807) is 0 Å². The minimum absolute atomic E-state index is 0.0391. The molecule has 0 spiro atoms.